The van der Waals surface area contributed by atoms with E-state index < -0.39 is 60.4 Å². The van der Waals surface area contributed by atoms with Crippen LogP contribution in [0.5, 0.6) is 0 Å². The molecule has 3 aromatic rings. The van der Waals surface area contributed by atoms with Gasteiger partial charge in [-0.25, -0.2) is 4.79 Å². The molecule has 0 radical (unpaired) electrons. The molecule has 1 aromatic heterocycles. The van der Waals surface area contributed by atoms with Gasteiger partial charge in [-0.2, -0.15) is 0 Å². The molecule has 3 rings (SSSR count). The van der Waals surface area contributed by atoms with Crippen LogP contribution < -0.4 is 21.7 Å². The van der Waals surface area contributed by atoms with E-state index in [4.69, 9.17) is 10.8 Å². The first kappa shape index (κ1) is 29.3. The van der Waals surface area contributed by atoms with E-state index in [2.05, 4.69) is 20.9 Å². The van der Waals surface area contributed by atoms with Gasteiger partial charge in [0.1, 0.15) is 18.1 Å². The number of hydrogen-bond donors (Lipinski definition) is 7. The second kappa shape index (κ2) is 13.5. The highest BCUT2D eigenvalue weighted by atomic mass is 16.4. The summed E-state index contributed by atoms with van der Waals surface area (Å²) in [6, 6.07) is 12.1. The number of carboxylic acids is 1. The molecular weight excluding hydrogens is 502 g/mol. The van der Waals surface area contributed by atoms with Gasteiger partial charge in [0.25, 0.3) is 0 Å². The highest BCUT2D eigenvalue weighted by molar-refractivity contribution is 5.94. The van der Waals surface area contributed by atoms with Crippen molar-refractivity contribution in [2.75, 3.05) is 6.61 Å². The Morgan fingerprint density at radius 2 is 1.49 bits per heavy atom. The van der Waals surface area contributed by atoms with Crippen molar-refractivity contribution in [3.05, 3.63) is 71.9 Å². The number of carbonyl (C=O) groups is 4. The summed E-state index contributed by atoms with van der Waals surface area (Å²) < 4.78 is 0. The van der Waals surface area contributed by atoms with Gasteiger partial charge in [-0.1, -0.05) is 62.4 Å². The zero-order valence-electron chi connectivity index (χ0n) is 21.9. The number of carboxylic acid groups (broad SMARTS) is 1. The van der Waals surface area contributed by atoms with Crippen molar-refractivity contribution < 1.29 is 29.4 Å². The second-order valence-corrected chi connectivity index (χ2v) is 9.73. The number of aliphatic hydroxyl groups is 1. The fourth-order valence-corrected chi connectivity index (χ4v) is 4.20. The lowest BCUT2D eigenvalue weighted by Crippen LogP contribution is -2.59. The number of aromatic amines is 1. The van der Waals surface area contributed by atoms with E-state index >= 15 is 0 Å². The Labute approximate surface area is 226 Å². The number of hydrogen-bond acceptors (Lipinski definition) is 6. The van der Waals surface area contributed by atoms with E-state index in [-0.39, 0.29) is 12.8 Å². The topological polar surface area (TPSA) is 187 Å². The van der Waals surface area contributed by atoms with Crippen molar-refractivity contribution in [3.63, 3.8) is 0 Å². The van der Waals surface area contributed by atoms with Crippen LogP contribution in [0.4, 0.5) is 0 Å². The van der Waals surface area contributed by atoms with Crippen LogP contribution in [-0.2, 0) is 32.0 Å². The summed E-state index contributed by atoms with van der Waals surface area (Å²) in [6.07, 6.45) is 2.18. The number of rotatable bonds is 13. The first-order valence-corrected chi connectivity index (χ1v) is 12.7. The summed E-state index contributed by atoms with van der Waals surface area (Å²) >= 11 is 0. The minimum atomic E-state index is -1.52. The number of carbonyl (C=O) groups excluding carboxylic acids is 3. The van der Waals surface area contributed by atoms with Crippen molar-refractivity contribution >= 4 is 34.6 Å². The summed E-state index contributed by atoms with van der Waals surface area (Å²) in [4.78, 5) is 53.7. The quantitative estimate of drug-likeness (QED) is 0.165. The number of nitrogens with one attached hydrogen (secondary N) is 4. The number of H-pyrrole nitrogens is 1. The van der Waals surface area contributed by atoms with Gasteiger partial charge in [-0.15, -0.1) is 0 Å². The Morgan fingerprint density at radius 1 is 0.846 bits per heavy atom. The molecule has 0 saturated heterocycles. The van der Waals surface area contributed by atoms with Crippen LogP contribution in [0.1, 0.15) is 25.0 Å². The Balaban J connectivity index is 1.75. The molecule has 0 aliphatic carbocycles. The molecular formula is C28H35N5O6. The van der Waals surface area contributed by atoms with Gasteiger partial charge in [0.05, 0.1) is 12.6 Å². The largest absolute Gasteiger partial charge is 0.480 e. The van der Waals surface area contributed by atoms with Crippen molar-refractivity contribution in [2.45, 2.75) is 50.9 Å². The average Bonchev–Trinajstić information content (AvgIpc) is 3.32. The molecule has 0 saturated carbocycles. The molecule has 0 spiro atoms. The molecule has 0 aliphatic heterocycles. The summed E-state index contributed by atoms with van der Waals surface area (Å²) in [5.74, 6) is -3.75. The lowest BCUT2D eigenvalue weighted by atomic mass is 10.00. The Morgan fingerprint density at radius 3 is 2.13 bits per heavy atom. The predicted octanol–water partition coefficient (Wildman–Crippen LogP) is 0.468. The minimum Gasteiger partial charge on any atom is -0.480 e. The third-order valence-electron chi connectivity index (χ3n) is 6.41. The summed E-state index contributed by atoms with van der Waals surface area (Å²) in [7, 11) is 0. The summed E-state index contributed by atoms with van der Waals surface area (Å²) in [6.45, 7) is 2.56. The van der Waals surface area contributed by atoms with E-state index in [0.29, 0.717) is 0 Å². The molecule has 4 unspecified atom stereocenters. The molecule has 0 fully saturated rings. The number of aliphatic carboxylic acids is 1. The van der Waals surface area contributed by atoms with Crippen LogP contribution in [0.15, 0.2) is 60.8 Å². The lowest BCUT2D eigenvalue weighted by Gasteiger charge is -2.27. The Bertz CT molecular complexity index is 1290. The smallest absolute Gasteiger partial charge is 0.328 e. The maximum absolute atomic E-state index is 13.4. The van der Waals surface area contributed by atoms with Gasteiger partial charge in [0.15, 0.2) is 0 Å². The van der Waals surface area contributed by atoms with E-state index in [9.17, 15) is 24.3 Å². The Kier molecular flexibility index (Phi) is 10.2. The van der Waals surface area contributed by atoms with E-state index in [1.807, 2.05) is 42.5 Å². The van der Waals surface area contributed by atoms with Crippen molar-refractivity contribution in [3.8, 4) is 0 Å². The highest BCUT2D eigenvalue weighted by Gasteiger charge is 2.32. The number of aromatic nitrogens is 1. The second-order valence-electron chi connectivity index (χ2n) is 9.73. The molecule has 4 atom stereocenters. The number of benzene rings is 2. The SMILES string of the molecule is CC(C)C(NC(=O)C(Cc1ccccc1)NC(=O)C(N)Cc1c[nH]c2ccccc12)C(=O)NC(CO)C(=O)O. The fraction of sp³-hybridized carbons (Fsp3) is 0.357. The first-order valence-electron chi connectivity index (χ1n) is 12.7. The van der Waals surface area contributed by atoms with Gasteiger partial charge in [-0.3, -0.25) is 14.4 Å². The van der Waals surface area contributed by atoms with Crippen molar-refractivity contribution in [1.82, 2.24) is 20.9 Å². The Hall–Kier alpha value is -4.22. The minimum absolute atomic E-state index is 0.138. The van der Waals surface area contributed by atoms with Crippen LogP contribution in [0, 0.1) is 5.92 Å². The monoisotopic (exact) mass is 537 g/mol. The molecule has 3 amide bonds. The third-order valence-corrected chi connectivity index (χ3v) is 6.41. The highest BCUT2D eigenvalue weighted by Crippen LogP contribution is 2.19. The molecule has 39 heavy (non-hydrogen) atoms. The van der Waals surface area contributed by atoms with Crippen LogP contribution in [0.2, 0.25) is 0 Å². The number of aliphatic hydroxyl groups excluding tert-OH is 1. The van der Waals surface area contributed by atoms with Crippen LogP contribution in [0.25, 0.3) is 10.9 Å². The standard InChI is InChI=1S/C28H35N5O6/c1-16(2)24(27(37)32-23(15-34)28(38)39)33-26(36)22(12-17-8-4-3-5-9-17)31-25(35)20(29)13-18-14-30-21-11-7-6-10-19(18)21/h3-11,14,16,20,22-24,30,34H,12-13,15,29H2,1-2H3,(H,31,35)(H,32,37)(H,33,36)(H,38,39). The normalized spacial score (nSPS) is 14.3. The zero-order valence-corrected chi connectivity index (χ0v) is 21.9. The molecule has 208 valence electrons. The van der Waals surface area contributed by atoms with Gasteiger partial charge < -0.3 is 36.9 Å². The zero-order chi connectivity index (χ0) is 28.5. The van der Waals surface area contributed by atoms with E-state index in [1.165, 1.54) is 0 Å². The molecule has 8 N–H and O–H groups in total. The lowest BCUT2D eigenvalue weighted by molar-refractivity contribution is -0.143. The molecule has 0 bridgehead atoms. The number of amides is 3. The fourth-order valence-electron chi connectivity index (χ4n) is 4.20. The summed E-state index contributed by atoms with van der Waals surface area (Å²) in [5.41, 5.74) is 8.80. The maximum atomic E-state index is 13.4. The van der Waals surface area contributed by atoms with Gasteiger partial charge in [-0.05, 0) is 29.5 Å². The number of para-hydroxylation sites is 1. The first-order chi connectivity index (χ1) is 18.6. The number of nitrogens with two attached hydrogens (primary N) is 1. The van der Waals surface area contributed by atoms with Crippen molar-refractivity contribution in [2.24, 2.45) is 11.7 Å². The molecule has 2 aromatic carbocycles. The van der Waals surface area contributed by atoms with Crippen LogP contribution in [0.3, 0.4) is 0 Å². The average molecular weight is 538 g/mol. The van der Waals surface area contributed by atoms with Gasteiger partial charge >= 0.3 is 5.97 Å². The molecule has 0 aliphatic rings. The van der Waals surface area contributed by atoms with Crippen LogP contribution in [-0.4, -0.2) is 69.7 Å². The molecule has 11 nitrogen and oxygen atoms in total. The van der Waals surface area contributed by atoms with Crippen LogP contribution >= 0.6 is 0 Å². The molecule has 1 heterocycles. The van der Waals surface area contributed by atoms with E-state index in [0.717, 1.165) is 22.0 Å². The number of fused-ring (bicyclic) bond motifs is 1. The van der Waals surface area contributed by atoms with E-state index in [1.54, 1.807) is 32.2 Å². The van der Waals surface area contributed by atoms with Gasteiger partial charge in [0, 0.05) is 23.5 Å². The summed E-state index contributed by atoms with van der Waals surface area (Å²) in [5, 5.41) is 26.9. The maximum Gasteiger partial charge on any atom is 0.328 e. The van der Waals surface area contributed by atoms with Crippen molar-refractivity contribution in [1.29, 1.82) is 0 Å². The molecule has 11 heteroatoms. The predicted molar refractivity (Wildman–Crippen MR) is 145 cm³/mol. The third kappa shape index (κ3) is 7.88. The van der Waals surface area contributed by atoms with Gasteiger partial charge in [0.2, 0.25) is 17.7 Å².